The lowest BCUT2D eigenvalue weighted by atomic mass is 9.64. The highest BCUT2D eigenvalue weighted by atomic mass is 16.5. The molecule has 0 spiro atoms. The largest absolute Gasteiger partial charge is 0.377 e. The van der Waals surface area contributed by atoms with Gasteiger partial charge in [-0.1, -0.05) is 55.3 Å². The van der Waals surface area contributed by atoms with Gasteiger partial charge in [0, 0.05) is 5.41 Å². The van der Waals surface area contributed by atoms with E-state index in [1.165, 1.54) is 24.8 Å². The van der Waals surface area contributed by atoms with Crippen molar-refractivity contribution >= 4 is 0 Å². The molecule has 0 bridgehead atoms. The molecule has 0 aliphatic heterocycles. The maximum atomic E-state index is 5.88. The highest BCUT2D eigenvalue weighted by molar-refractivity contribution is 5.23. The van der Waals surface area contributed by atoms with Gasteiger partial charge in [-0.15, -0.1) is 13.2 Å². The van der Waals surface area contributed by atoms with E-state index < -0.39 is 0 Å². The van der Waals surface area contributed by atoms with Gasteiger partial charge in [0.1, 0.15) is 0 Å². The Balaban J connectivity index is 2.20. The van der Waals surface area contributed by atoms with Crippen LogP contribution >= 0.6 is 0 Å². The van der Waals surface area contributed by atoms with Gasteiger partial charge in [-0.05, 0) is 24.3 Å². The van der Waals surface area contributed by atoms with Gasteiger partial charge >= 0.3 is 0 Å². The van der Waals surface area contributed by atoms with Crippen LogP contribution in [0.1, 0.15) is 37.2 Å². The average molecular weight is 300 g/mol. The molecule has 120 valence electrons. The van der Waals surface area contributed by atoms with Crippen LogP contribution in [-0.4, -0.2) is 26.4 Å². The molecule has 1 aliphatic carbocycles. The van der Waals surface area contributed by atoms with Gasteiger partial charge in [0.05, 0.1) is 26.4 Å². The summed E-state index contributed by atoms with van der Waals surface area (Å²) in [5.41, 5.74) is 1.47. The zero-order valence-electron chi connectivity index (χ0n) is 13.5. The molecule has 1 atom stereocenters. The Morgan fingerprint density at radius 3 is 2.23 bits per heavy atom. The summed E-state index contributed by atoms with van der Waals surface area (Å²) in [4.78, 5) is 0. The lowest BCUT2D eigenvalue weighted by Crippen LogP contribution is -2.41. The maximum absolute atomic E-state index is 5.88. The first-order valence-corrected chi connectivity index (χ1v) is 8.24. The molecule has 0 saturated heterocycles. The zero-order chi connectivity index (χ0) is 15.7. The summed E-state index contributed by atoms with van der Waals surface area (Å²) in [6.45, 7) is 10.2. The van der Waals surface area contributed by atoms with Crippen LogP contribution in [-0.2, 0) is 9.47 Å². The number of rotatable bonds is 9. The van der Waals surface area contributed by atoms with Crippen LogP contribution in [0.3, 0.4) is 0 Å². The second kappa shape index (κ2) is 8.92. The van der Waals surface area contributed by atoms with Gasteiger partial charge in [0.2, 0.25) is 0 Å². The van der Waals surface area contributed by atoms with Gasteiger partial charge in [-0.25, -0.2) is 0 Å². The van der Waals surface area contributed by atoms with E-state index >= 15 is 0 Å². The van der Waals surface area contributed by atoms with E-state index in [4.69, 9.17) is 9.47 Å². The van der Waals surface area contributed by atoms with E-state index in [0.717, 1.165) is 19.6 Å². The fourth-order valence-corrected chi connectivity index (χ4v) is 3.59. The van der Waals surface area contributed by atoms with Crippen molar-refractivity contribution in [2.75, 3.05) is 26.4 Å². The quantitative estimate of drug-likeness (QED) is 0.484. The molecule has 0 amide bonds. The zero-order valence-corrected chi connectivity index (χ0v) is 13.5. The summed E-state index contributed by atoms with van der Waals surface area (Å²) < 4.78 is 11.8. The van der Waals surface area contributed by atoms with E-state index in [1.54, 1.807) is 0 Å². The minimum absolute atomic E-state index is 0.0611. The Labute approximate surface area is 134 Å². The summed E-state index contributed by atoms with van der Waals surface area (Å²) in [5.74, 6) is 0.497. The van der Waals surface area contributed by atoms with Crippen LogP contribution in [0.15, 0.2) is 55.6 Å². The fourth-order valence-electron chi connectivity index (χ4n) is 3.59. The number of hydrogen-bond donors (Lipinski definition) is 0. The van der Waals surface area contributed by atoms with Gasteiger partial charge in [-0.2, -0.15) is 0 Å². The highest BCUT2D eigenvalue weighted by Crippen LogP contribution is 2.47. The molecule has 2 nitrogen and oxygen atoms in total. The first kappa shape index (κ1) is 17.0. The Morgan fingerprint density at radius 2 is 1.64 bits per heavy atom. The SMILES string of the molecule is C=CCOCC1(COCC=C)CCCCC1c1ccccc1. The first-order valence-electron chi connectivity index (χ1n) is 8.24. The van der Waals surface area contributed by atoms with Crippen LogP contribution in [0.2, 0.25) is 0 Å². The summed E-state index contributed by atoms with van der Waals surface area (Å²) >= 11 is 0. The van der Waals surface area contributed by atoms with Crippen LogP contribution in [0.5, 0.6) is 0 Å². The molecule has 0 aromatic heterocycles. The second-order valence-electron chi connectivity index (χ2n) is 6.18. The van der Waals surface area contributed by atoms with Crippen LogP contribution < -0.4 is 0 Å². The average Bonchev–Trinajstić information content (AvgIpc) is 2.57. The lowest BCUT2D eigenvalue weighted by molar-refractivity contribution is -0.0438. The van der Waals surface area contributed by atoms with Gasteiger partial charge in [0.25, 0.3) is 0 Å². The van der Waals surface area contributed by atoms with Crippen molar-refractivity contribution in [3.05, 3.63) is 61.2 Å². The molecule has 2 rings (SSSR count). The minimum Gasteiger partial charge on any atom is -0.377 e. The molecule has 0 N–H and O–H groups in total. The van der Waals surface area contributed by atoms with E-state index in [9.17, 15) is 0 Å². The van der Waals surface area contributed by atoms with E-state index in [-0.39, 0.29) is 5.41 Å². The Kier molecular flexibility index (Phi) is 6.88. The lowest BCUT2D eigenvalue weighted by Gasteiger charge is -2.44. The highest BCUT2D eigenvalue weighted by Gasteiger charge is 2.42. The van der Waals surface area contributed by atoms with Crippen molar-refractivity contribution < 1.29 is 9.47 Å². The van der Waals surface area contributed by atoms with Gasteiger partial charge in [0.15, 0.2) is 0 Å². The normalized spacial score (nSPS) is 20.5. The van der Waals surface area contributed by atoms with Crippen molar-refractivity contribution in [1.29, 1.82) is 0 Å². The van der Waals surface area contributed by atoms with Crippen molar-refractivity contribution in [1.82, 2.24) is 0 Å². The van der Waals surface area contributed by atoms with Crippen LogP contribution in [0.4, 0.5) is 0 Å². The van der Waals surface area contributed by atoms with Crippen molar-refractivity contribution in [3.63, 3.8) is 0 Å². The van der Waals surface area contributed by atoms with E-state index in [0.29, 0.717) is 19.1 Å². The third kappa shape index (κ3) is 4.31. The summed E-state index contributed by atoms with van der Waals surface area (Å²) in [7, 11) is 0. The van der Waals surface area contributed by atoms with Crippen molar-refractivity contribution in [3.8, 4) is 0 Å². The molecule has 1 fully saturated rings. The summed E-state index contributed by atoms with van der Waals surface area (Å²) in [6, 6.07) is 10.8. The van der Waals surface area contributed by atoms with Crippen LogP contribution in [0, 0.1) is 5.41 Å². The molecule has 1 aliphatic rings. The molecule has 1 aromatic carbocycles. The number of ether oxygens (including phenoxy) is 2. The monoisotopic (exact) mass is 300 g/mol. The summed E-state index contributed by atoms with van der Waals surface area (Å²) in [5, 5.41) is 0. The van der Waals surface area contributed by atoms with Gasteiger partial charge < -0.3 is 9.47 Å². The predicted molar refractivity (Wildman–Crippen MR) is 92.1 cm³/mol. The molecule has 1 saturated carbocycles. The smallest absolute Gasteiger partial charge is 0.0645 e. The molecular weight excluding hydrogens is 272 g/mol. The Hall–Kier alpha value is -1.38. The van der Waals surface area contributed by atoms with Crippen molar-refractivity contribution in [2.24, 2.45) is 5.41 Å². The van der Waals surface area contributed by atoms with Gasteiger partial charge in [-0.3, -0.25) is 0 Å². The standard InChI is InChI=1S/C20H28O2/c1-3-14-21-16-20(17-22-15-4-2)13-9-8-12-19(20)18-10-6-5-7-11-18/h3-7,10-11,19H,1-2,8-9,12-17H2. The third-order valence-electron chi connectivity index (χ3n) is 4.61. The molecule has 0 heterocycles. The number of hydrogen-bond acceptors (Lipinski definition) is 2. The molecule has 2 heteroatoms. The van der Waals surface area contributed by atoms with E-state index in [1.807, 2.05) is 12.2 Å². The van der Waals surface area contributed by atoms with Crippen LogP contribution in [0.25, 0.3) is 0 Å². The molecular formula is C20H28O2. The molecule has 0 radical (unpaired) electrons. The summed E-state index contributed by atoms with van der Waals surface area (Å²) in [6.07, 6.45) is 8.53. The number of benzene rings is 1. The fraction of sp³-hybridized carbons (Fsp3) is 0.500. The second-order valence-corrected chi connectivity index (χ2v) is 6.18. The van der Waals surface area contributed by atoms with Crippen molar-refractivity contribution in [2.45, 2.75) is 31.6 Å². The molecule has 1 aromatic rings. The minimum atomic E-state index is 0.0611. The Morgan fingerprint density at radius 1 is 1.00 bits per heavy atom. The molecule has 22 heavy (non-hydrogen) atoms. The van der Waals surface area contributed by atoms with E-state index in [2.05, 4.69) is 43.5 Å². The maximum Gasteiger partial charge on any atom is 0.0645 e. The molecule has 1 unspecified atom stereocenters. The first-order chi connectivity index (χ1) is 10.8. The predicted octanol–water partition coefficient (Wildman–Crippen LogP) is 4.74. The topological polar surface area (TPSA) is 18.5 Å². The third-order valence-corrected chi connectivity index (χ3v) is 4.61. The Bertz CT molecular complexity index is 438.